The Morgan fingerprint density at radius 1 is 1.05 bits per heavy atom. The van der Waals surface area contributed by atoms with E-state index in [4.69, 9.17) is 4.74 Å². The molecule has 1 saturated carbocycles. The van der Waals surface area contributed by atoms with Crippen LogP contribution < -0.4 is 0 Å². The van der Waals surface area contributed by atoms with Crippen LogP contribution in [0.4, 0.5) is 0 Å². The minimum atomic E-state index is -0.884. The number of carbonyl (C=O) groups excluding carboxylic acids is 2. The fraction of sp³-hybridized carbons (Fsp3) is 0.800. The lowest BCUT2D eigenvalue weighted by Gasteiger charge is -2.31. The van der Waals surface area contributed by atoms with E-state index < -0.39 is 17.8 Å². The van der Waals surface area contributed by atoms with Crippen LogP contribution in [-0.4, -0.2) is 48.1 Å². The molecule has 0 aromatic heterocycles. The highest BCUT2D eigenvalue weighted by atomic mass is 16.5. The van der Waals surface area contributed by atoms with E-state index in [1.807, 2.05) is 6.92 Å². The lowest BCUT2D eigenvalue weighted by molar-refractivity contribution is -0.152. The third kappa shape index (κ3) is 3.19. The molecule has 1 aliphatic heterocycles. The first-order chi connectivity index (χ1) is 9.95. The highest BCUT2D eigenvalue weighted by molar-refractivity contribution is 5.86. The monoisotopic (exact) mass is 297 g/mol. The predicted molar refractivity (Wildman–Crippen MR) is 74.3 cm³/mol. The minimum absolute atomic E-state index is 0.0493. The maximum atomic E-state index is 12.6. The van der Waals surface area contributed by atoms with Crippen molar-refractivity contribution in [3.63, 3.8) is 0 Å². The van der Waals surface area contributed by atoms with Gasteiger partial charge in [-0.15, -0.1) is 0 Å². The van der Waals surface area contributed by atoms with Gasteiger partial charge in [0.05, 0.1) is 24.9 Å². The van der Waals surface area contributed by atoms with Gasteiger partial charge in [0.25, 0.3) is 0 Å². The number of ether oxygens (including phenoxy) is 1. The molecule has 4 atom stereocenters. The summed E-state index contributed by atoms with van der Waals surface area (Å²) in [6, 6.07) is 0. The summed E-state index contributed by atoms with van der Waals surface area (Å²) in [7, 11) is 1.35. The van der Waals surface area contributed by atoms with E-state index in [1.54, 1.807) is 4.90 Å². The van der Waals surface area contributed by atoms with Crippen LogP contribution in [0, 0.1) is 23.7 Å². The molecule has 0 aromatic carbocycles. The first kappa shape index (κ1) is 15.8. The Balaban J connectivity index is 2.06. The van der Waals surface area contributed by atoms with Crippen molar-refractivity contribution >= 4 is 17.8 Å². The lowest BCUT2D eigenvalue weighted by atomic mass is 9.78. The molecular weight excluding hydrogens is 274 g/mol. The number of hydrogen-bond acceptors (Lipinski definition) is 4. The van der Waals surface area contributed by atoms with Gasteiger partial charge in [-0.2, -0.15) is 0 Å². The second-order valence-corrected chi connectivity index (χ2v) is 6.19. The summed E-state index contributed by atoms with van der Waals surface area (Å²) in [6.45, 7) is 2.77. The first-order valence-corrected chi connectivity index (χ1v) is 7.55. The van der Waals surface area contributed by atoms with Gasteiger partial charge in [0.15, 0.2) is 0 Å². The van der Waals surface area contributed by atoms with Crippen LogP contribution in [-0.2, 0) is 19.1 Å². The molecule has 6 nitrogen and oxygen atoms in total. The Kier molecular flexibility index (Phi) is 4.85. The third-order valence-corrected chi connectivity index (χ3v) is 4.83. The largest absolute Gasteiger partial charge is 0.481 e. The molecule has 21 heavy (non-hydrogen) atoms. The Bertz CT molecular complexity index is 436. The van der Waals surface area contributed by atoms with Crippen molar-refractivity contribution in [3.05, 3.63) is 0 Å². The van der Waals surface area contributed by atoms with E-state index in [0.717, 1.165) is 12.8 Å². The van der Waals surface area contributed by atoms with E-state index in [9.17, 15) is 19.5 Å². The number of carboxylic acid groups (broad SMARTS) is 1. The summed E-state index contributed by atoms with van der Waals surface area (Å²) in [4.78, 5) is 37.3. The summed E-state index contributed by atoms with van der Waals surface area (Å²) in [5, 5.41) is 9.29. The van der Waals surface area contributed by atoms with Gasteiger partial charge in [-0.05, 0) is 18.8 Å². The number of methoxy groups -OCH3 is 1. The number of esters is 1. The summed E-state index contributed by atoms with van der Waals surface area (Å²) in [5.41, 5.74) is 0. The summed E-state index contributed by atoms with van der Waals surface area (Å²) in [5.74, 6) is -2.57. The molecule has 2 rings (SSSR count). The van der Waals surface area contributed by atoms with Crippen LogP contribution in [0.15, 0.2) is 0 Å². The molecule has 0 bridgehead atoms. The fourth-order valence-corrected chi connectivity index (χ4v) is 3.56. The fourth-order valence-electron chi connectivity index (χ4n) is 3.56. The maximum absolute atomic E-state index is 12.6. The van der Waals surface area contributed by atoms with Crippen molar-refractivity contribution in [3.8, 4) is 0 Å². The molecule has 2 unspecified atom stereocenters. The van der Waals surface area contributed by atoms with Crippen molar-refractivity contribution in [2.75, 3.05) is 20.2 Å². The van der Waals surface area contributed by atoms with Gasteiger partial charge < -0.3 is 14.7 Å². The topological polar surface area (TPSA) is 83.9 Å². The average Bonchev–Trinajstić information content (AvgIpc) is 2.87. The van der Waals surface area contributed by atoms with Crippen molar-refractivity contribution < 1.29 is 24.2 Å². The molecule has 2 aliphatic rings. The van der Waals surface area contributed by atoms with Crippen LogP contribution in [0.1, 0.15) is 32.6 Å². The van der Waals surface area contributed by atoms with Crippen molar-refractivity contribution in [1.82, 2.24) is 4.90 Å². The second-order valence-electron chi connectivity index (χ2n) is 6.19. The number of amides is 1. The summed E-state index contributed by atoms with van der Waals surface area (Å²) < 4.78 is 4.77. The number of hydrogen-bond donors (Lipinski definition) is 1. The number of carbonyl (C=O) groups is 3. The number of nitrogens with zero attached hydrogens (tertiary/aromatic N) is 1. The summed E-state index contributed by atoms with van der Waals surface area (Å²) >= 11 is 0. The quantitative estimate of drug-likeness (QED) is 0.790. The van der Waals surface area contributed by atoms with Crippen LogP contribution in [0.25, 0.3) is 0 Å². The highest BCUT2D eigenvalue weighted by Crippen LogP contribution is 2.34. The molecular formula is C15H23NO5. The van der Waals surface area contributed by atoms with E-state index >= 15 is 0 Å². The van der Waals surface area contributed by atoms with E-state index in [2.05, 4.69) is 0 Å². The van der Waals surface area contributed by atoms with Gasteiger partial charge in [-0.3, -0.25) is 14.4 Å². The number of aliphatic carboxylic acids is 1. The van der Waals surface area contributed by atoms with E-state index in [0.29, 0.717) is 25.9 Å². The van der Waals surface area contributed by atoms with Gasteiger partial charge in [-0.1, -0.05) is 19.8 Å². The Morgan fingerprint density at radius 3 is 2.24 bits per heavy atom. The summed E-state index contributed by atoms with van der Waals surface area (Å²) in [6.07, 6.45) is 2.95. The van der Waals surface area contributed by atoms with E-state index in [-0.39, 0.29) is 23.7 Å². The maximum Gasteiger partial charge on any atom is 0.310 e. The zero-order valence-corrected chi connectivity index (χ0v) is 12.6. The minimum Gasteiger partial charge on any atom is -0.481 e. The van der Waals surface area contributed by atoms with Gasteiger partial charge in [0.1, 0.15) is 0 Å². The SMILES string of the molecule is COC(=O)C1CN(C(=O)[C@@H]2CCCC[C@@H]2C(=O)O)CC1C. The highest BCUT2D eigenvalue weighted by Gasteiger charge is 2.43. The Labute approximate surface area is 124 Å². The molecule has 2 fully saturated rings. The molecule has 118 valence electrons. The van der Waals surface area contributed by atoms with Crippen LogP contribution in [0.5, 0.6) is 0 Å². The molecule has 0 radical (unpaired) electrons. The third-order valence-electron chi connectivity index (χ3n) is 4.83. The zero-order valence-electron chi connectivity index (χ0n) is 12.6. The van der Waals surface area contributed by atoms with Crippen molar-refractivity contribution in [2.24, 2.45) is 23.7 Å². The second kappa shape index (κ2) is 6.45. The molecule has 1 amide bonds. The molecule has 0 spiro atoms. The van der Waals surface area contributed by atoms with Crippen molar-refractivity contribution in [2.45, 2.75) is 32.6 Å². The normalized spacial score (nSPS) is 32.8. The number of likely N-dealkylation sites (tertiary alicyclic amines) is 1. The van der Waals surface area contributed by atoms with Crippen LogP contribution >= 0.6 is 0 Å². The van der Waals surface area contributed by atoms with Gasteiger partial charge in [0.2, 0.25) is 5.91 Å². The van der Waals surface area contributed by atoms with Crippen LogP contribution in [0.2, 0.25) is 0 Å². The molecule has 1 heterocycles. The molecule has 1 saturated heterocycles. The standard InChI is InChI=1S/C15H23NO5/c1-9-7-16(8-12(9)15(20)21-2)13(17)10-5-3-4-6-11(10)14(18)19/h9-12H,3-8H2,1-2H3,(H,18,19)/t9?,10-,11+,12?/m1/s1. The average molecular weight is 297 g/mol. The van der Waals surface area contributed by atoms with Gasteiger partial charge in [-0.25, -0.2) is 0 Å². The molecule has 6 heteroatoms. The zero-order chi connectivity index (χ0) is 15.6. The molecule has 0 aromatic rings. The van der Waals surface area contributed by atoms with Gasteiger partial charge >= 0.3 is 11.9 Å². The molecule has 1 aliphatic carbocycles. The lowest BCUT2D eigenvalue weighted by Crippen LogP contribution is -2.42. The first-order valence-electron chi connectivity index (χ1n) is 7.55. The van der Waals surface area contributed by atoms with Crippen LogP contribution in [0.3, 0.4) is 0 Å². The molecule has 1 N–H and O–H groups in total. The predicted octanol–water partition coefficient (Wildman–Crippen LogP) is 1.14. The Morgan fingerprint density at radius 2 is 1.67 bits per heavy atom. The van der Waals surface area contributed by atoms with E-state index in [1.165, 1.54) is 7.11 Å². The van der Waals surface area contributed by atoms with Gasteiger partial charge in [0, 0.05) is 13.1 Å². The van der Waals surface area contributed by atoms with Crippen molar-refractivity contribution in [1.29, 1.82) is 0 Å². The number of rotatable bonds is 3. The Hall–Kier alpha value is -1.59. The smallest absolute Gasteiger partial charge is 0.310 e. The number of carboxylic acids is 1.